The van der Waals surface area contributed by atoms with Gasteiger partial charge in [-0.25, -0.2) is 9.59 Å². The van der Waals surface area contributed by atoms with Gasteiger partial charge in [0.2, 0.25) is 5.16 Å². The maximum Gasteiger partial charge on any atom is 0.374 e. The summed E-state index contributed by atoms with van der Waals surface area (Å²) in [6.45, 7) is 5.92. The molecule has 0 saturated carbocycles. The Hall–Kier alpha value is -1.44. The summed E-state index contributed by atoms with van der Waals surface area (Å²) in [7, 11) is 0. The average Bonchev–Trinajstić information content (AvgIpc) is 2.63. The lowest BCUT2D eigenvalue weighted by atomic mass is 9.98. The van der Waals surface area contributed by atoms with Crippen molar-refractivity contribution in [3.63, 3.8) is 0 Å². The van der Waals surface area contributed by atoms with Gasteiger partial charge in [0, 0.05) is 5.54 Å². The van der Waals surface area contributed by atoms with Gasteiger partial charge < -0.3 is 11.2 Å². The fourth-order valence-corrected chi connectivity index (χ4v) is 2.09. The van der Waals surface area contributed by atoms with E-state index in [2.05, 4.69) is 17.3 Å². The summed E-state index contributed by atoms with van der Waals surface area (Å²) in [5.41, 5.74) is -1.03. The largest absolute Gasteiger partial charge is 0.374 e. The second-order valence-corrected chi connectivity index (χ2v) is 5.74. The lowest BCUT2D eigenvalue weighted by Gasteiger charge is -2.25. The maximum absolute atomic E-state index is 12.0. The molecule has 19 heavy (non-hydrogen) atoms. The van der Waals surface area contributed by atoms with Gasteiger partial charge in [-0.2, -0.15) is 4.68 Å². The van der Waals surface area contributed by atoms with Crippen LogP contribution < -0.4 is 16.8 Å². The number of amides is 1. The van der Waals surface area contributed by atoms with Crippen LogP contribution in [0.25, 0.3) is 0 Å². The Morgan fingerprint density at radius 1 is 1.53 bits per heavy atom. The van der Waals surface area contributed by atoms with Crippen LogP contribution in [0, 0.1) is 0 Å². The van der Waals surface area contributed by atoms with Gasteiger partial charge >= 0.3 is 11.7 Å². The highest BCUT2D eigenvalue weighted by Crippen LogP contribution is 2.13. The minimum Gasteiger partial charge on any atom is -0.333 e. The summed E-state index contributed by atoms with van der Waals surface area (Å²) in [4.78, 5) is 23.8. The van der Waals surface area contributed by atoms with Gasteiger partial charge in [0.25, 0.3) is 0 Å². The predicted octanol–water partition coefficient (Wildman–Crippen LogP) is 1.01. The Balaban J connectivity index is 2.87. The van der Waals surface area contributed by atoms with Crippen molar-refractivity contribution in [1.29, 1.82) is 0 Å². The highest BCUT2D eigenvalue weighted by Gasteiger charge is 2.23. The molecule has 7 nitrogen and oxygen atoms in total. The number of carbonyl (C=O) groups excluding carboxylic acids is 1. The summed E-state index contributed by atoms with van der Waals surface area (Å²) in [6.07, 6.45) is 4.62. The Kier molecular flexibility index (Phi) is 5.04. The van der Waals surface area contributed by atoms with Crippen molar-refractivity contribution in [2.24, 2.45) is 0 Å². The van der Waals surface area contributed by atoms with Crippen LogP contribution in [0.2, 0.25) is 0 Å². The molecule has 1 amide bonds. The molecule has 0 spiro atoms. The van der Waals surface area contributed by atoms with E-state index in [1.807, 2.05) is 13.8 Å². The highest BCUT2D eigenvalue weighted by molar-refractivity contribution is 7.98. The van der Waals surface area contributed by atoms with Crippen molar-refractivity contribution in [1.82, 2.24) is 19.8 Å². The maximum atomic E-state index is 12.0. The van der Waals surface area contributed by atoms with Gasteiger partial charge in [-0.1, -0.05) is 31.5 Å². The first kappa shape index (κ1) is 15.6. The van der Waals surface area contributed by atoms with E-state index in [9.17, 15) is 9.59 Å². The third kappa shape index (κ3) is 3.76. The van der Waals surface area contributed by atoms with Gasteiger partial charge in [-0.3, -0.25) is 0 Å². The Labute approximate surface area is 116 Å². The molecule has 0 saturated heterocycles. The summed E-state index contributed by atoms with van der Waals surface area (Å²) in [6, 6.07) is -0.550. The number of rotatable bonds is 5. The summed E-state index contributed by atoms with van der Waals surface area (Å²) < 4.78 is 1.63. The van der Waals surface area contributed by atoms with Gasteiger partial charge in [0.1, 0.15) is 0 Å². The van der Waals surface area contributed by atoms with Crippen LogP contribution in [0.15, 0.2) is 9.95 Å². The van der Waals surface area contributed by atoms with Gasteiger partial charge in [0.05, 0.1) is 0 Å². The quantitative estimate of drug-likeness (QED) is 0.622. The number of thioether (sulfide) groups is 1. The molecule has 0 atom stereocenters. The van der Waals surface area contributed by atoms with E-state index in [0.717, 1.165) is 28.6 Å². The van der Waals surface area contributed by atoms with E-state index in [1.165, 1.54) is 11.8 Å². The van der Waals surface area contributed by atoms with Crippen molar-refractivity contribution in [3.8, 4) is 0 Å². The highest BCUT2D eigenvalue weighted by atomic mass is 32.2. The summed E-state index contributed by atoms with van der Waals surface area (Å²) in [5, 5.41) is 6.98. The van der Waals surface area contributed by atoms with Crippen molar-refractivity contribution < 1.29 is 4.79 Å². The van der Waals surface area contributed by atoms with Crippen LogP contribution >= 0.6 is 11.8 Å². The predicted molar refractivity (Wildman–Crippen MR) is 76.0 cm³/mol. The van der Waals surface area contributed by atoms with Crippen LogP contribution in [-0.2, 0) is 0 Å². The molecule has 0 aliphatic heterocycles. The van der Waals surface area contributed by atoms with Crippen LogP contribution in [-0.4, -0.2) is 32.3 Å². The van der Waals surface area contributed by atoms with Crippen LogP contribution in [0.5, 0.6) is 0 Å². The molecule has 8 heteroatoms. The molecule has 0 aliphatic rings. The number of carbonyl (C=O) groups is 1. The smallest absolute Gasteiger partial charge is 0.333 e. The van der Waals surface area contributed by atoms with Crippen molar-refractivity contribution in [2.45, 2.75) is 50.7 Å². The molecular weight excluding hydrogens is 266 g/mol. The van der Waals surface area contributed by atoms with Crippen molar-refractivity contribution in [3.05, 3.63) is 10.5 Å². The number of nitrogens with one attached hydrogen (secondary N) is 1. The zero-order valence-electron chi connectivity index (χ0n) is 11.8. The summed E-state index contributed by atoms with van der Waals surface area (Å²) >= 11 is 1.21. The molecular formula is C11H21N5O2S. The normalized spacial score (nSPS) is 11.6. The minimum absolute atomic E-state index is 0.298. The molecule has 0 radical (unpaired) electrons. The Morgan fingerprint density at radius 2 is 2.16 bits per heavy atom. The second-order valence-electron chi connectivity index (χ2n) is 4.97. The number of hydrogen-bond donors (Lipinski definition) is 2. The average molecular weight is 287 g/mol. The Bertz CT molecular complexity index is 506. The molecule has 108 valence electrons. The third-order valence-corrected chi connectivity index (χ3v) is 3.40. The molecule has 0 aliphatic carbocycles. The van der Waals surface area contributed by atoms with Crippen LogP contribution in [0.3, 0.4) is 0 Å². The number of nitrogens with two attached hydrogens (primary N) is 1. The fraction of sp³-hybridized carbons (Fsp3) is 0.727. The molecule has 3 N–H and O–H groups in total. The van der Waals surface area contributed by atoms with Gasteiger partial charge in [-0.05, 0) is 26.5 Å². The number of nitrogen functional groups attached to an aromatic ring is 1. The molecule has 1 heterocycles. The van der Waals surface area contributed by atoms with E-state index in [-0.39, 0.29) is 5.54 Å². The zero-order chi connectivity index (χ0) is 14.6. The lowest BCUT2D eigenvalue weighted by molar-refractivity contribution is 0.224. The molecule has 0 bridgehead atoms. The first-order valence-electron chi connectivity index (χ1n) is 6.16. The first-order valence-corrected chi connectivity index (χ1v) is 7.38. The lowest BCUT2D eigenvalue weighted by Crippen LogP contribution is -2.48. The fourth-order valence-electron chi connectivity index (χ4n) is 1.66. The van der Waals surface area contributed by atoms with E-state index in [0.29, 0.717) is 5.16 Å². The number of aromatic nitrogens is 3. The van der Waals surface area contributed by atoms with E-state index < -0.39 is 11.7 Å². The molecule has 0 unspecified atom stereocenters. The number of unbranched alkanes of at least 4 members (excludes halogenated alkanes) is 1. The van der Waals surface area contributed by atoms with Crippen LogP contribution in [0.1, 0.15) is 40.0 Å². The number of nitrogens with zero attached hydrogens (tertiary/aromatic N) is 3. The van der Waals surface area contributed by atoms with Crippen molar-refractivity contribution >= 4 is 17.8 Å². The SMILES string of the molecule is CCCCC(C)(C)NC(=O)n1nc(SC)n(N)c1=O. The third-order valence-electron chi connectivity index (χ3n) is 2.75. The summed E-state index contributed by atoms with van der Waals surface area (Å²) in [5.74, 6) is 5.52. The molecule has 1 aromatic rings. The monoisotopic (exact) mass is 287 g/mol. The topological polar surface area (TPSA) is 94.9 Å². The van der Waals surface area contributed by atoms with Crippen molar-refractivity contribution in [2.75, 3.05) is 12.1 Å². The van der Waals surface area contributed by atoms with Gasteiger partial charge in [0.15, 0.2) is 0 Å². The Morgan fingerprint density at radius 3 is 2.63 bits per heavy atom. The molecule has 1 aromatic heterocycles. The molecule has 0 fully saturated rings. The van der Waals surface area contributed by atoms with Crippen LogP contribution in [0.4, 0.5) is 4.79 Å². The molecule has 0 aromatic carbocycles. The van der Waals surface area contributed by atoms with Gasteiger partial charge in [-0.15, -0.1) is 9.78 Å². The van der Waals surface area contributed by atoms with E-state index >= 15 is 0 Å². The minimum atomic E-state index is -0.645. The first-order chi connectivity index (χ1) is 8.82. The zero-order valence-corrected chi connectivity index (χ0v) is 12.6. The standard InChI is InChI=1S/C11H21N5O2S/c1-5-6-7-11(2,3)13-8(17)16-10(18)15(12)9(14-16)19-4/h5-7,12H2,1-4H3,(H,13,17). The number of hydrogen-bond acceptors (Lipinski definition) is 5. The molecule has 1 rings (SSSR count). The van der Waals surface area contributed by atoms with E-state index in [4.69, 9.17) is 5.84 Å². The van der Waals surface area contributed by atoms with E-state index in [1.54, 1.807) is 6.26 Å². The second kappa shape index (κ2) is 6.14.